The van der Waals surface area contributed by atoms with Crippen molar-refractivity contribution in [1.29, 1.82) is 0 Å². The molecule has 2 heterocycles. The van der Waals surface area contributed by atoms with Gasteiger partial charge in [0.1, 0.15) is 0 Å². The van der Waals surface area contributed by atoms with Crippen LogP contribution in [0.4, 0.5) is 0 Å². The zero-order valence-corrected chi connectivity index (χ0v) is 10.3. The first-order valence-corrected chi connectivity index (χ1v) is 6.32. The SMILES string of the molecule is c1cnc2c(CNN3CCOCC3)cccc2c1. The summed E-state index contributed by atoms with van der Waals surface area (Å²) in [7, 11) is 0. The average molecular weight is 243 g/mol. The van der Waals surface area contributed by atoms with Crippen molar-refractivity contribution in [3.63, 3.8) is 0 Å². The predicted octanol–water partition coefficient (Wildman–Crippen LogP) is 1.57. The van der Waals surface area contributed by atoms with E-state index in [1.807, 2.05) is 12.3 Å². The third-order valence-electron chi connectivity index (χ3n) is 3.22. The quantitative estimate of drug-likeness (QED) is 0.888. The van der Waals surface area contributed by atoms with Crippen LogP contribution in [-0.4, -0.2) is 36.3 Å². The first kappa shape index (κ1) is 11.6. The van der Waals surface area contributed by atoms with Gasteiger partial charge in [-0.2, -0.15) is 0 Å². The van der Waals surface area contributed by atoms with Crippen LogP contribution in [-0.2, 0) is 11.3 Å². The highest BCUT2D eigenvalue weighted by Crippen LogP contribution is 2.15. The summed E-state index contributed by atoms with van der Waals surface area (Å²) in [4.78, 5) is 4.46. The van der Waals surface area contributed by atoms with Crippen molar-refractivity contribution in [2.45, 2.75) is 6.54 Å². The van der Waals surface area contributed by atoms with Crippen molar-refractivity contribution < 1.29 is 4.74 Å². The number of aromatic nitrogens is 1. The predicted molar refractivity (Wildman–Crippen MR) is 71.0 cm³/mol. The normalized spacial score (nSPS) is 17.1. The highest BCUT2D eigenvalue weighted by atomic mass is 16.5. The molecule has 2 aromatic rings. The van der Waals surface area contributed by atoms with Crippen LogP contribution in [0.1, 0.15) is 5.56 Å². The van der Waals surface area contributed by atoms with E-state index < -0.39 is 0 Å². The average Bonchev–Trinajstić information content (AvgIpc) is 2.46. The van der Waals surface area contributed by atoms with Crippen molar-refractivity contribution in [3.05, 3.63) is 42.1 Å². The lowest BCUT2D eigenvalue weighted by atomic mass is 10.1. The number of hydrogen-bond acceptors (Lipinski definition) is 4. The number of benzene rings is 1. The third kappa shape index (κ3) is 2.51. The molecule has 0 aliphatic carbocycles. The zero-order valence-electron chi connectivity index (χ0n) is 10.3. The Hall–Kier alpha value is -1.49. The Kier molecular flexibility index (Phi) is 3.50. The number of rotatable bonds is 3. The molecule has 18 heavy (non-hydrogen) atoms. The molecule has 1 N–H and O–H groups in total. The Bertz CT molecular complexity index is 518. The van der Waals surface area contributed by atoms with Gasteiger partial charge in [-0.25, -0.2) is 5.01 Å². The minimum Gasteiger partial charge on any atom is -0.379 e. The first-order valence-electron chi connectivity index (χ1n) is 6.32. The Labute approximate surface area is 107 Å². The van der Waals surface area contributed by atoms with Crippen molar-refractivity contribution in [2.24, 2.45) is 0 Å². The van der Waals surface area contributed by atoms with E-state index in [0.29, 0.717) is 0 Å². The van der Waals surface area contributed by atoms with Gasteiger partial charge < -0.3 is 4.74 Å². The minimum absolute atomic E-state index is 0.806. The van der Waals surface area contributed by atoms with E-state index in [1.165, 1.54) is 10.9 Å². The Morgan fingerprint density at radius 2 is 2.00 bits per heavy atom. The molecule has 0 atom stereocenters. The second-order valence-electron chi connectivity index (χ2n) is 4.43. The standard InChI is InChI=1S/C14H17N3O/c1-3-12-5-2-6-15-14(12)13(4-1)11-16-17-7-9-18-10-8-17/h1-6,16H,7-11H2. The fraction of sp³-hybridized carbons (Fsp3) is 0.357. The number of nitrogens with zero attached hydrogens (tertiary/aromatic N) is 2. The van der Waals surface area contributed by atoms with Gasteiger partial charge in [0.15, 0.2) is 0 Å². The van der Waals surface area contributed by atoms with E-state index >= 15 is 0 Å². The highest BCUT2D eigenvalue weighted by molar-refractivity contribution is 5.81. The highest BCUT2D eigenvalue weighted by Gasteiger charge is 2.10. The third-order valence-corrected chi connectivity index (χ3v) is 3.22. The molecular formula is C14H17N3O. The first-order chi connectivity index (χ1) is 8.93. The van der Waals surface area contributed by atoms with Crippen LogP contribution in [0.5, 0.6) is 0 Å². The smallest absolute Gasteiger partial charge is 0.0747 e. The molecule has 0 amide bonds. The van der Waals surface area contributed by atoms with Crippen LogP contribution >= 0.6 is 0 Å². The fourth-order valence-electron chi connectivity index (χ4n) is 2.23. The number of pyridine rings is 1. The van der Waals surface area contributed by atoms with Gasteiger partial charge in [-0.3, -0.25) is 10.4 Å². The van der Waals surface area contributed by atoms with Gasteiger partial charge in [0, 0.05) is 31.2 Å². The maximum atomic E-state index is 5.33. The molecule has 0 unspecified atom stereocenters. The monoisotopic (exact) mass is 243 g/mol. The van der Waals surface area contributed by atoms with Crippen molar-refractivity contribution in [1.82, 2.24) is 15.4 Å². The topological polar surface area (TPSA) is 37.4 Å². The molecule has 1 aromatic carbocycles. The fourth-order valence-corrected chi connectivity index (χ4v) is 2.23. The molecule has 0 bridgehead atoms. The summed E-state index contributed by atoms with van der Waals surface area (Å²) < 4.78 is 5.33. The summed E-state index contributed by atoms with van der Waals surface area (Å²) in [6.45, 7) is 4.31. The molecule has 0 radical (unpaired) electrons. The molecule has 1 saturated heterocycles. The Morgan fingerprint density at radius 3 is 2.89 bits per heavy atom. The molecule has 1 aliphatic rings. The molecule has 1 aliphatic heterocycles. The summed E-state index contributed by atoms with van der Waals surface area (Å²) in [6.07, 6.45) is 1.85. The minimum atomic E-state index is 0.806. The van der Waals surface area contributed by atoms with Crippen molar-refractivity contribution in [3.8, 4) is 0 Å². The number of morpholine rings is 1. The van der Waals surface area contributed by atoms with Gasteiger partial charge in [-0.15, -0.1) is 0 Å². The molecule has 4 heteroatoms. The maximum Gasteiger partial charge on any atom is 0.0747 e. The lowest BCUT2D eigenvalue weighted by Gasteiger charge is -2.27. The lowest BCUT2D eigenvalue weighted by Crippen LogP contribution is -2.45. The van der Waals surface area contributed by atoms with E-state index in [1.54, 1.807) is 0 Å². The molecule has 0 saturated carbocycles. The summed E-state index contributed by atoms with van der Waals surface area (Å²) in [6, 6.07) is 10.4. The molecule has 0 spiro atoms. The van der Waals surface area contributed by atoms with Gasteiger partial charge in [0.2, 0.25) is 0 Å². The molecule has 1 fully saturated rings. The van der Waals surface area contributed by atoms with Crippen LogP contribution in [0.3, 0.4) is 0 Å². The van der Waals surface area contributed by atoms with Gasteiger partial charge in [0.25, 0.3) is 0 Å². The summed E-state index contributed by atoms with van der Waals surface area (Å²) in [5, 5.41) is 3.41. The van der Waals surface area contributed by atoms with Crippen LogP contribution in [0.15, 0.2) is 36.5 Å². The summed E-state index contributed by atoms with van der Waals surface area (Å²) in [5.41, 5.74) is 5.76. The van der Waals surface area contributed by atoms with Crippen LogP contribution in [0, 0.1) is 0 Å². The number of fused-ring (bicyclic) bond motifs is 1. The van der Waals surface area contributed by atoms with Gasteiger partial charge in [0.05, 0.1) is 18.7 Å². The second kappa shape index (κ2) is 5.44. The molecule has 94 valence electrons. The number of hydrazine groups is 1. The van der Waals surface area contributed by atoms with Crippen molar-refractivity contribution in [2.75, 3.05) is 26.3 Å². The van der Waals surface area contributed by atoms with Gasteiger partial charge >= 0.3 is 0 Å². The van der Waals surface area contributed by atoms with Gasteiger partial charge in [-0.05, 0) is 11.6 Å². The van der Waals surface area contributed by atoms with E-state index in [2.05, 4.69) is 39.7 Å². The molecule has 3 rings (SSSR count). The molecule has 1 aromatic heterocycles. The number of para-hydroxylation sites is 1. The maximum absolute atomic E-state index is 5.33. The second-order valence-corrected chi connectivity index (χ2v) is 4.43. The zero-order chi connectivity index (χ0) is 12.2. The molecular weight excluding hydrogens is 226 g/mol. The van der Waals surface area contributed by atoms with Crippen molar-refractivity contribution >= 4 is 10.9 Å². The largest absolute Gasteiger partial charge is 0.379 e. The molecule has 4 nitrogen and oxygen atoms in total. The number of nitrogens with one attached hydrogen (secondary N) is 1. The lowest BCUT2D eigenvalue weighted by molar-refractivity contribution is 0.0106. The number of ether oxygens (including phenoxy) is 1. The van der Waals surface area contributed by atoms with E-state index in [0.717, 1.165) is 38.4 Å². The van der Waals surface area contributed by atoms with Crippen LogP contribution in [0.2, 0.25) is 0 Å². The van der Waals surface area contributed by atoms with Gasteiger partial charge in [-0.1, -0.05) is 24.3 Å². The van der Waals surface area contributed by atoms with Crippen LogP contribution in [0.25, 0.3) is 10.9 Å². The Balaban J connectivity index is 1.74. The summed E-state index contributed by atoms with van der Waals surface area (Å²) in [5.74, 6) is 0. The van der Waals surface area contributed by atoms with Crippen LogP contribution < -0.4 is 5.43 Å². The summed E-state index contributed by atoms with van der Waals surface area (Å²) >= 11 is 0. The Morgan fingerprint density at radius 1 is 1.17 bits per heavy atom. The number of hydrogen-bond donors (Lipinski definition) is 1. The van der Waals surface area contributed by atoms with E-state index in [9.17, 15) is 0 Å². The van der Waals surface area contributed by atoms with E-state index in [-0.39, 0.29) is 0 Å². The van der Waals surface area contributed by atoms with E-state index in [4.69, 9.17) is 4.74 Å².